The van der Waals surface area contributed by atoms with Crippen LogP contribution in [0.25, 0.3) is 0 Å². The van der Waals surface area contributed by atoms with Gasteiger partial charge in [0.15, 0.2) is 17.7 Å². The fourth-order valence-electron chi connectivity index (χ4n) is 4.35. The van der Waals surface area contributed by atoms with Crippen molar-refractivity contribution in [1.82, 2.24) is 5.32 Å². The Balaban J connectivity index is 1.80. The Hall–Kier alpha value is -3.21. The molecule has 0 fully saturated rings. The molecule has 28 heavy (non-hydrogen) atoms. The van der Waals surface area contributed by atoms with E-state index in [9.17, 15) is 9.59 Å². The Labute approximate surface area is 164 Å². The molecule has 0 spiro atoms. The number of ketones is 1. The van der Waals surface area contributed by atoms with Gasteiger partial charge < -0.3 is 10.1 Å². The minimum atomic E-state index is -0.653. The largest absolute Gasteiger partial charge is 0.468 e. The number of Topliss-reactive ketones (excluding diaryl/α,β-unsaturated/α-hetero) is 1. The third-order valence-corrected chi connectivity index (χ3v) is 5.63. The first-order valence-electron chi connectivity index (χ1n) is 9.41. The summed E-state index contributed by atoms with van der Waals surface area (Å²) in [5.74, 6) is -1.31. The van der Waals surface area contributed by atoms with Crippen molar-refractivity contribution in [3.8, 4) is 0 Å². The van der Waals surface area contributed by atoms with Crippen molar-refractivity contribution in [3.63, 3.8) is 0 Å². The van der Waals surface area contributed by atoms with Gasteiger partial charge >= 0.3 is 5.97 Å². The number of pyridine rings is 1. The van der Waals surface area contributed by atoms with E-state index < -0.39 is 17.8 Å². The molecule has 2 heterocycles. The third kappa shape index (κ3) is 3.13. The number of carbonyl (C=O) groups is 2. The fraction of sp³-hybridized carbons (Fsp3) is 0.261. The van der Waals surface area contributed by atoms with Gasteiger partial charge in [0.1, 0.15) is 5.92 Å². The van der Waals surface area contributed by atoms with Crippen molar-refractivity contribution in [3.05, 3.63) is 89.5 Å². The topological polar surface area (TPSA) is 69.5 Å². The first-order valence-corrected chi connectivity index (χ1v) is 9.41. The van der Waals surface area contributed by atoms with Gasteiger partial charge in [-0.2, -0.15) is 0 Å². The summed E-state index contributed by atoms with van der Waals surface area (Å²) in [7, 11) is 1.36. The van der Waals surface area contributed by atoms with Gasteiger partial charge in [-0.25, -0.2) is 4.98 Å². The SMILES string of the molecule is C=C1NC2=C(C(=O)CC(c3ccccc3)C2)C(c2cccc[nH+]2)C1C(=O)OC. The van der Waals surface area contributed by atoms with Crippen LogP contribution in [0.5, 0.6) is 0 Å². The predicted molar refractivity (Wildman–Crippen MR) is 104 cm³/mol. The zero-order valence-corrected chi connectivity index (χ0v) is 15.8. The fourth-order valence-corrected chi connectivity index (χ4v) is 4.35. The van der Waals surface area contributed by atoms with Gasteiger partial charge in [0.25, 0.3) is 0 Å². The second-order valence-electron chi connectivity index (χ2n) is 7.28. The number of allylic oxidation sites excluding steroid dienone is 2. The highest BCUT2D eigenvalue weighted by Gasteiger charge is 2.47. The Morgan fingerprint density at radius 3 is 2.57 bits per heavy atom. The highest BCUT2D eigenvalue weighted by atomic mass is 16.5. The van der Waals surface area contributed by atoms with Crippen molar-refractivity contribution in [2.45, 2.75) is 24.7 Å². The first-order chi connectivity index (χ1) is 13.6. The number of benzene rings is 1. The maximum atomic E-state index is 13.3. The molecule has 1 aliphatic heterocycles. The summed E-state index contributed by atoms with van der Waals surface area (Å²) in [4.78, 5) is 29.0. The van der Waals surface area contributed by atoms with E-state index in [-0.39, 0.29) is 11.7 Å². The van der Waals surface area contributed by atoms with Gasteiger partial charge in [-0.1, -0.05) is 43.0 Å². The number of carbonyl (C=O) groups excluding carboxylic acids is 2. The molecule has 2 N–H and O–H groups in total. The van der Waals surface area contributed by atoms with E-state index in [0.717, 1.165) is 17.0 Å². The van der Waals surface area contributed by atoms with Crippen LogP contribution < -0.4 is 10.3 Å². The van der Waals surface area contributed by atoms with Crippen LogP contribution in [0, 0.1) is 5.92 Å². The second kappa shape index (κ2) is 7.43. The molecule has 5 nitrogen and oxygen atoms in total. The number of methoxy groups -OCH3 is 1. The summed E-state index contributed by atoms with van der Waals surface area (Å²) >= 11 is 0. The maximum Gasteiger partial charge on any atom is 0.315 e. The molecule has 3 unspecified atom stereocenters. The lowest BCUT2D eigenvalue weighted by Gasteiger charge is -2.38. The number of H-pyrrole nitrogens is 1. The van der Waals surface area contributed by atoms with E-state index in [1.807, 2.05) is 36.4 Å². The standard InChI is InChI=1S/C23H22N2O3/c1-14-20(23(27)28-2)22(17-10-6-7-11-24-17)21-18(25-14)12-16(13-19(21)26)15-8-4-3-5-9-15/h3-11,16,20,22,25H,1,12-13H2,2H3/p+1. The van der Waals surface area contributed by atoms with Gasteiger partial charge in [0.2, 0.25) is 0 Å². The maximum absolute atomic E-state index is 13.3. The van der Waals surface area contributed by atoms with Crippen LogP contribution in [0.15, 0.2) is 78.3 Å². The smallest absolute Gasteiger partial charge is 0.315 e. The van der Waals surface area contributed by atoms with E-state index >= 15 is 0 Å². The van der Waals surface area contributed by atoms with Crippen LogP contribution in [-0.2, 0) is 14.3 Å². The number of aromatic nitrogens is 1. The molecule has 0 bridgehead atoms. The molecule has 2 aliphatic rings. The van der Waals surface area contributed by atoms with Gasteiger partial charge in [-0.05, 0) is 17.9 Å². The first kappa shape index (κ1) is 18.2. The van der Waals surface area contributed by atoms with Gasteiger partial charge in [-0.15, -0.1) is 0 Å². The Bertz CT molecular complexity index is 950. The molecule has 142 valence electrons. The monoisotopic (exact) mass is 375 g/mol. The zero-order chi connectivity index (χ0) is 19.7. The molecule has 0 amide bonds. The summed E-state index contributed by atoms with van der Waals surface area (Å²) < 4.78 is 5.03. The minimum absolute atomic E-state index is 0.0614. The van der Waals surface area contributed by atoms with Crippen molar-refractivity contribution in [2.75, 3.05) is 7.11 Å². The van der Waals surface area contributed by atoms with E-state index in [4.69, 9.17) is 4.74 Å². The van der Waals surface area contributed by atoms with Crippen molar-refractivity contribution < 1.29 is 19.3 Å². The normalized spacial score (nSPS) is 24.4. The number of hydrogen-bond acceptors (Lipinski definition) is 4. The van der Waals surface area contributed by atoms with Gasteiger partial charge in [-0.3, -0.25) is 9.59 Å². The molecule has 0 saturated carbocycles. The van der Waals surface area contributed by atoms with E-state index in [2.05, 4.69) is 29.0 Å². The van der Waals surface area contributed by atoms with Gasteiger partial charge in [0, 0.05) is 35.5 Å². The van der Waals surface area contributed by atoms with Crippen LogP contribution in [0.2, 0.25) is 0 Å². The van der Waals surface area contributed by atoms with Gasteiger partial charge in [0.05, 0.1) is 13.0 Å². The summed E-state index contributed by atoms with van der Waals surface area (Å²) in [6.07, 6.45) is 2.93. The molecule has 1 aromatic heterocycles. The number of hydrogen-bond donors (Lipinski definition) is 1. The van der Waals surface area contributed by atoms with Crippen molar-refractivity contribution >= 4 is 11.8 Å². The molecule has 1 aliphatic carbocycles. The number of esters is 1. The van der Waals surface area contributed by atoms with Crippen LogP contribution in [0.1, 0.15) is 35.9 Å². The summed E-state index contributed by atoms with van der Waals surface area (Å²) in [6.45, 7) is 4.08. The lowest BCUT2D eigenvalue weighted by atomic mass is 9.70. The summed E-state index contributed by atoms with van der Waals surface area (Å²) in [5, 5.41) is 3.26. The molecule has 0 radical (unpaired) electrons. The molecule has 5 heteroatoms. The Morgan fingerprint density at radius 1 is 1.14 bits per heavy atom. The van der Waals surface area contributed by atoms with Crippen LogP contribution in [-0.4, -0.2) is 18.9 Å². The third-order valence-electron chi connectivity index (χ3n) is 5.63. The highest BCUT2D eigenvalue weighted by molar-refractivity contribution is 6.00. The van der Waals surface area contributed by atoms with Crippen LogP contribution >= 0.6 is 0 Å². The second-order valence-corrected chi connectivity index (χ2v) is 7.28. The predicted octanol–water partition coefficient (Wildman–Crippen LogP) is 2.89. The Kier molecular flexibility index (Phi) is 4.82. The van der Waals surface area contributed by atoms with E-state index in [0.29, 0.717) is 24.1 Å². The average Bonchev–Trinajstić information content (AvgIpc) is 2.73. The number of ether oxygens (including phenoxy) is 1. The minimum Gasteiger partial charge on any atom is -0.468 e. The lowest BCUT2D eigenvalue weighted by molar-refractivity contribution is -0.392. The van der Waals surface area contributed by atoms with Crippen LogP contribution in [0.4, 0.5) is 0 Å². The lowest BCUT2D eigenvalue weighted by Crippen LogP contribution is -2.43. The van der Waals surface area contributed by atoms with Crippen molar-refractivity contribution in [2.24, 2.45) is 5.92 Å². The van der Waals surface area contributed by atoms with E-state index in [1.54, 1.807) is 6.20 Å². The Morgan fingerprint density at radius 2 is 1.89 bits per heavy atom. The molecular weight excluding hydrogens is 352 g/mol. The molecule has 4 rings (SSSR count). The average molecular weight is 375 g/mol. The molecule has 0 saturated heterocycles. The van der Waals surface area contributed by atoms with E-state index in [1.165, 1.54) is 7.11 Å². The number of rotatable bonds is 3. The summed E-state index contributed by atoms with van der Waals surface area (Å²) in [5.41, 5.74) is 4.04. The molecular formula is C23H23N2O3+. The molecule has 1 aromatic carbocycles. The molecule has 2 aromatic rings. The molecule has 3 atom stereocenters. The zero-order valence-electron chi connectivity index (χ0n) is 15.8. The van der Waals surface area contributed by atoms with Crippen molar-refractivity contribution in [1.29, 1.82) is 0 Å². The highest BCUT2D eigenvalue weighted by Crippen LogP contribution is 2.46. The summed E-state index contributed by atoms with van der Waals surface area (Å²) in [6, 6.07) is 15.7. The van der Waals surface area contributed by atoms with Crippen LogP contribution in [0.3, 0.4) is 0 Å². The number of aromatic amines is 1. The number of nitrogens with one attached hydrogen (secondary N) is 2. The quantitative estimate of drug-likeness (QED) is 0.838.